The fraction of sp³-hybridized carbons (Fsp3) is 0.250. The third-order valence-electron chi connectivity index (χ3n) is 5.18. The van der Waals surface area contributed by atoms with Gasteiger partial charge in [0, 0.05) is 31.1 Å². The molecule has 2 aromatic heterocycles. The number of hydrogen-bond acceptors (Lipinski definition) is 4. The predicted molar refractivity (Wildman–Crippen MR) is 120 cm³/mol. The highest BCUT2D eigenvalue weighted by Gasteiger charge is 2.13. The van der Waals surface area contributed by atoms with E-state index >= 15 is 0 Å². The van der Waals surface area contributed by atoms with E-state index in [1.165, 1.54) is 10.2 Å². The van der Waals surface area contributed by atoms with Gasteiger partial charge in [-0.15, -0.1) is 0 Å². The minimum absolute atomic E-state index is 0.0184. The van der Waals surface area contributed by atoms with Crippen molar-refractivity contribution in [2.75, 3.05) is 6.54 Å². The molecule has 0 atom stereocenters. The fourth-order valence-electron chi connectivity index (χ4n) is 3.53. The molecule has 0 fully saturated rings. The van der Waals surface area contributed by atoms with Crippen LogP contribution in [0.3, 0.4) is 0 Å². The Kier molecular flexibility index (Phi) is 6.21. The van der Waals surface area contributed by atoms with Crippen molar-refractivity contribution in [1.82, 2.24) is 24.9 Å². The maximum absolute atomic E-state index is 12.9. The lowest BCUT2D eigenvalue weighted by molar-refractivity contribution is -0.121. The molecule has 158 valence electrons. The minimum atomic E-state index is -0.236. The monoisotopic (exact) mass is 415 g/mol. The molecule has 4 rings (SSSR count). The first kappa shape index (κ1) is 20.5. The first-order chi connectivity index (χ1) is 15.1. The fourth-order valence-corrected chi connectivity index (χ4v) is 3.53. The molecule has 7 nitrogen and oxygen atoms in total. The van der Waals surface area contributed by atoms with E-state index in [0.29, 0.717) is 31.4 Å². The van der Waals surface area contributed by atoms with Gasteiger partial charge in [0.05, 0.1) is 11.4 Å². The van der Waals surface area contributed by atoms with Crippen molar-refractivity contribution in [1.29, 1.82) is 0 Å². The molecule has 2 aromatic carbocycles. The molecular weight excluding hydrogens is 390 g/mol. The Morgan fingerprint density at radius 3 is 2.45 bits per heavy atom. The van der Waals surface area contributed by atoms with Gasteiger partial charge in [-0.3, -0.25) is 9.59 Å². The number of aryl methyl sites for hydroxylation is 2. The van der Waals surface area contributed by atoms with Gasteiger partial charge in [-0.1, -0.05) is 48.5 Å². The lowest BCUT2D eigenvalue weighted by Gasteiger charge is -2.07. The van der Waals surface area contributed by atoms with Gasteiger partial charge in [-0.2, -0.15) is 10.2 Å². The number of aromatic nitrogens is 4. The highest BCUT2D eigenvalue weighted by Crippen LogP contribution is 2.15. The molecule has 4 aromatic rings. The van der Waals surface area contributed by atoms with E-state index in [1.807, 2.05) is 73.8 Å². The molecule has 0 radical (unpaired) electrons. The maximum atomic E-state index is 12.9. The average molecular weight is 415 g/mol. The Morgan fingerprint density at radius 1 is 1.00 bits per heavy atom. The van der Waals surface area contributed by atoms with Gasteiger partial charge in [0.15, 0.2) is 5.52 Å². The van der Waals surface area contributed by atoms with Crippen molar-refractivity contribution in [3.05, 3.63) is 88.5 Å². The van der Waals surface area contributed by atoms with Crippen molar-refractivity contribution in [3.63, 3.8) is 0 Å². The first-order valence-corrected chi connectivity index (χ1v) is 10.4. The summed E-state index contributed by atoms with van der Waals surface area (Å²) in [6.45, 7) is 2.84. The smallest absolute Gasteiger partial charge is 0.295 e. The third kappa shape index (κ3) is 4.88. The molecular formula is C24H25N5O2. The molecule has 0 spiro atoms. The minimum Gasteiger partial charge on any atom is -0.356 e. The van der Waals surface area contributed by atoms with Crippen LogP contribution >= 0.6 is 0 Å². The van der Waals surface area contributed by atoms with Gasteiger partial charge in [0.2, 0.25) is 5.91 Å². The Bertz CT molecular complexity index is 1230. The summed E-state index contributed by atoms with van der Waals surface area (Å²) in [5.41, 5.74) is 2.97. The first-order valence-electron chi connectivity index (χ1n) is 10.4. The summed E-state index contributed by atoms with van der Waals surface area (Å²) >= 11 is 0. The molecule has 0 saturated carbocycles. The van der Waals surface area contributed by atoms with E-state index in [9.17, 15) is 9.59 Å². The van der Waals surface area contributed by atoms with Crippen molar-refractivity contribution < 1.29 is 4.79 Å². The number of fused-ring (bicyclic) bond motifs is 1. The van der Waals surface area contributed by atoms with E-state index in [1.54, 1.807) is 4.68 Å². The average Bonchev–Trinajstić information content (AvgIpc) is 3.25. The van der Waals surface area contributed by atoms with Crippen molar-refractivity contribution in [3.8, 4) is 5.69 Å². The number of carbonyl (C=O) groups excluding carboxylic acids is 1. The predicted octanol–water partition coefficient (Wildman–Crippen LogP) is 3.03. The number of nitrogens with zero attached hydrogens (tertiary/aromatic N) is 4. The molecule has 0 aliphatic heterocycles. The normalized spacial score (nSPS) is 11.0. The summed E-state index contributed by atoms with van der Waals surface area (Å²) in [7, 11) is 0. The number of amides is 1. The van der Waals surface area contributed by atoms with Gasteiger partial charge in [0.25, 0.3) is 5.56 Å². The van der Waals surface area contributed by atoms with Crippen LogP contribution in [0.25, 0.3) is 16.6 Å². The van der Waals surface area contributed by atoms with Crippen LogP contribution in [0, 0.1) is 6.92 Å². The van der Waals surface area contributed by atoms with Crippen LogP contribution in [0.2, 0.25) is 0 Å². The number of para-hydroxylation sites is 1. The Labute approximate surface area is 180 Å². The Balaban J connectivity index is 1.37. The lowest BCUT2D eigenvalue weighted by atomic mass is 10.1. The third-order valence-corrected chi connectivity index (χ3v) is 5.18. The molecule has 1 N–H and O–H groups in total. The van der Waals surface area contributed by atoms with E-state index in [2.05, 4.69) is 15.5 Å². The molecule has 0 saturated heterocycles. The Hall–Kier alpha value is -3.74. The second-order valence-electron chi connectivity index (χ2n) is 7.47. The van der Waals surface area contributed by atoms with Crippen LogP contribution in [0.4, 0.5) is 0 Å². The van der Waals surface area contributed by atoms with Crippen molar-refractivity contribution >= 4 is 16.8 Å². The highest BCUT2D eigenvalue weighted by atomic mass is 16.1. The summed E-state index contributed by atoms with van der Waals surface area (Å²) < 4.78 is 3.11. The van der Waals surface area contributed by atoms with Crippen LogP contribution in [-0.4, -0.2) is 32.0 Å². The van der Waals surface area contributed by atoms with Crippen molar-refractivity contribution in [2.24, 2.45) is 0 Å². The van der Waals surface area contributed by atoms with Crippen LogP contribution in [0.1, 0.15) is 24.1 Å². The van der Waals surface area contributed by atoms with Gasteiger partial charge in [-0.05, 0) is 37.5 Å². The molecule has 7 heteroatoms. The largest absolute Gasteiger partial charge is 0.356 e. The zero-order valence-electron chi connectivity index (χ0n) is 17.5. The molecule has 2 heterocycles. The number of benzene rings is 2. The van der Waals surface area contributed by atoms with Gasteiger partial charge >= 0.3 is 0 Å². The number of nitrogens with one attached hydrogen (secondary N) is 1. The quantitative estimate of drug-likeness (QED) is 0.480. The molecule has 1 amide bonds. The summed E-state index contributed by atoms with van der Waals surface area (Å²) in [4.78, 5) is 25.0. The van der Waals surface area contributed by atoms with Crippen LogP contribution in [0.5, 0.6) is 0 Å². The van der Waals surface area contributed by atoms with Gasteiger partial charge in [-0.25, -0.2) is 9.36 Å². The van der Waals surface area contributed by atoms with E-state index in [0.717, 1.165) is 23.2 Å². The summed E-state index contributed by atoms with van der Waals surface area (Å²) in [5, 5.41) is 12.6. The standard InChI is InChI=1S/C24H25N5O2/c1-18-21-17-29(20-11-6-3-7-12-20)27-23(21)24(31)28(26-18)16-8-13-22(30)25-15-14-19-9-4-2-5-10-19/h2-7,9-12,17H,8,13-16H2,1H3,(H,25,30). The molecule has 0 aliphatic carbocycles. The molecule has 0 bridgehead atoms. The topological polar surface area (TPSA) is 81.8 Å². The van der Waals surface area contributed by atoms with Gasteiger partial charge < -0.3 is 5.32 Å². The number of hydrogen-bond donors (Lipinski definition) is 1. The number of carbonyl (C=O) groups is 1. The highest BCUT2D eigenvalue weighted by molar-refractivity contribution is 5.79. The number of rotatable bonds is 8. The summed E-state index contributed by atoms with van der Waals surface area (Å²) in [5.74, 6) is -0.0184. The van der Waals surface area contributed by atoms with E-state index in [4.69, 9.17) is 0 Å². The van der Waals surface area contributed by atoms with E-state index in [-0.39, 0.29) is 11.5 Å². The summed E-state index contributed by atoms with van der Waals surface area (Å²) in [6, 6.07) is 19.7. The summed E-state index contributed by atoms with van der Waals surface area (Å²) in [6.07, 6.45) is 3.51. The molecule has 0 unspecified atom stereocenters. The van der Waals surface area contributed by atoms with Crippen LogP contribution in [-0.2, 0) is 17.8 Å². The lowest BCUT2D eigenvalue weighted by Crippen LogP contribution is -2.27. The zero-order valence-corrected chi connectivity index (χ0v) is 17.5. The second-order valence-corrected chi connectivity index (χ2v) is 7.47. The second kappa shape index (κ2) is 9.38. The SMILES string of the molecule is Cc1nn(CCCC(=O)NCCc2ccccc2)c(=O)c2nn(-c3ccccc3)cc12. The Morgan fingerprint density at radius 2 is 1.71 bits per heavy atom. The zero-order chi connectivity index (χ0) is 21.6. The van der Waals surface area contributed by atoms with E-state index < -0.39 is 0 Å². The maximum Gasteiger partial charge on any atom is 0.295 e. The van der Waals surface area contributed by atoms with Crippen LogP contribution in [0.15, 0.2) is 71.7 Å². The van der Waals surface area contributed by atoms with Crippen molar-refractivity contribution in [2.45, 2.75) is 32.7 Å². The van der Waals surface area contributed by atoms with Crippen LogP contribution < -0.4 is 10.9 Å². The molecule has 31 heavy (non-hydrogen) atoms. The molecule has 0 aliphatic rings. The van der Waals surface area contributed by atoms with Gasteiger partial charge in [0.1, 0.15) is 0 Å².